The minimum Gasteiger partial charge on any atom is -0.383 e. The van der Waals surface area contributed by atoms with Crippen LogP contribution in [0.2, 0.25) is 0 Å². The molecule has 5 heteroatoms. The fourth-order valence-electron chi connectivity index (χ4n) is 2.42. The van der Waals surface area contributed by atoms with E-state index in [9.17, 15) is 0 Å². The van der Waals surface area contributed by atoms with Gasteiger partial charge >= 0.3 is 0 Å². The maximum Gasteiger partial charge on any atom is 0.225 e. The summed E-state index contributed by atoms with van der Waals surface area (Å²) < 4.78 is 5.01. The van der Waals surface area contributed by atoms with Gasteiger partial charge in [0, 0.05) is 38.1 Å². The highest BCUT2D eigenvalue weighted by Gasteiger charge is 2.11. The fraction of sp³-hybridized carbons (Fsp3) is 0.750. The van der Waals surface area contributed by atoms with Crippen molar-refractivity contribution in [2.75, 3.05) is 44.8 Å². The molecule has 0 fully saturated rings. The Morgan fingerprint density at radius 3 is 2.19 bits per heavy atom. The first-order valence-electron chi connectivity index (χ1n) is 7.92. The van der Waals surface area contributed by atoms with E-state index in [4.69, 9.17) is 4.74 Å². The summed E-state index contributed by atoms with van der Waals surface area (Å²) in [5.41, 5.74) is 3.52. The standard InChI is InChI=1S/C16H30N4O/c1-6-20(7-2)16-18-13(3)15(14(4)19-16)9-8-10-17-11-12-21-5/h17H,6-12H2,1-5H3. The lowest BCUT2D eigenvalue weighted by atomic mass is 10.1. The summed E-state index contributed by atoms with van der Waals surface area (Å²) in [4.78, 5) is 11.5. The summed E-state index contributed by atoms with van der Waals surface area (Å²) in [6.07, 6.45) is 2.12. The van der Waals surface area contributed by atoms with Gasteiger partial charge in [0.25, 0.3) is 0 Å². The summed E-state index contributed by atoms with van der Waals surface area (Å²) in [5, 5.41) is 3.37. The number of nitrogens with one attached hydrogen (secondary N) is 1. The molecule has 1 aromatic rings. The van der Waals surface area contributed by atoms with Crippen LogP contribution in [0, 0.1) is 13.8 Å². The molecule has 0 bridgehead atoms. The largest absolute Gasteiger partial charge is 0.383 e. The molecule has 1 heterocycles. The summed E-state index contributed by atoms with van der Waals surface area (Å²) in [6, 6.07) is 0. The molecule has 120 valence electrons. The molecule has 0 spiro atoms. The van der Waals surface area contributed by atoms with Gasteiger partial charge in [-0.05, 0) is 52.6 Å². The summed E-state index contributed by atoms with van der Waals surface area (Å²) in [5.74, 6) is 0.858. The van der Waals surface area contributed by atoms with Crippen molar-refractivity contribution in [3.63, 3.8) is 0 Å². The van der Waals surface area contributed by atoms with Gasteiger partial charge in [0.15, 0.2) is 0 Å². The van der Waals surface area contributed by atoms with Crippen LogP contribution in [0.3, 0.4) is 0 Å². The number of hydrogen-bond acceptors (Lipinski definition) is 5. The van der Waals surface area contributed by atoms with Crippen molar-refractivity contribution in [2.24, 2.45) is 0 Å². The second kappa shape index (κ2) is 9.68. The van der Waals surface area contributed by atoms with Gasteiger partial charge in [-0.25, -0.2) is 9.97 Å². The van der Waals surface area contributed by atoms with Crippen LogP contribution in [0.1, 0.15) is 37.2 Å². The molecular formula is C16H30N4O. The average molecular weight is 294 g/mol. The molecule has 0 atom stereocenters. The van der Waals surface area contributed by atoms with Crippen molar-refractivity contribution >= 4 is 5.95 Å². The number of ether oxygens (including phenoxy) is 1. The Morgan fingerprint density at radius 1 is 1.05 bits per heavy atom. The fourth-order valence-corrected chi connectivity index (χ4v) is 2.42. The molecule has 5 nitrogen and oxygen atoms in total. The lowest BCUT2D eigenvalue weighted by Gasteiger charge is -2.20. The number of methoxy groups -OCH3 is 1. The number of hydrogen-bond donors (Lipinski definition) is 1. The number of anilines is 1. The van der Waals surface area contributed by atoms with E-state index in [0.717, 1.165) is 63.0 Å². The third-order valence-electron chi connectivity index (χ3n) is 3.72. The highest BCUT2D eigenvalue weighted by molar-refractivity contribution is 5.36. The number of nitrogens with zero attached hydrogens (tertiary/aromatic N) is 3. The van der Waals surface area contributed by atoms with Crippen LogP contribution in [0.4, 0.5) is 5.95 Å². The third kappa shape index (κ3) is 5.59. The minimum atomic E-state index is 0.764. The van der Waals surface area contributed by atoms with Gasteiger partial charge in [0.1, 0.15) is 0 Å². The molecular weight excluding hydrogens is 264 g/mol. The summed E-state index contributed by atoms with van der Waals surface area (Å²) in [6.45, 7) is 13.0. The zero-order valence-corrected chi connectivity index (χ0v) is 14.2. The van der Waals surface area contributed by atoms with Crippen molar-refractivity contribution < 1.29 is 4.74 Å². The molecule has 0 radical (unpaired) electrons. The van der Waals surface area contributed by atoms with E-state index in [1.807, 2.05) is 0 Å². The Morgan fingerprint density at radius 2 is 1.67 bits per heavy atom. The van der Waals surface area contributed by atoms with E-state index in [1.54, 1.807) is 7.11 Å². The smallest absolute Gasteiger partial charge is 0.225 e. The van der Waals surface area contributed by atoms with Crippen molar-refractivity contribution in [1.29, 1.82) is 0 Å². The van der Waals surface area contributed by atoms with Gasteiger partial charge in [-0.15, -0.1) is 0 Å². The van der Waals surface area contributed by atoms with E-state index in [1.165, 1.54) is 5.56 Å². The van der Waals surface area contributed by atoms with Gasteiger partial charge in [0.05, 0.1) is 6.61 Å². The van der Waals surface area contributed by atoms with Crippen molar-refractivity contribution in [2.45, 2.75) is 40.5 Å². The molecule has 0 aliphatic heterocycles. The highest BCUT2D eigenvalue weighted by atomic mass is 16.5. The zero-order chi connectivity index (χ0) is 15.7. The molecule has 0 aliphatic rings. The molecule has 1 aromatic heterocycles. The van der Waals surface area contributed by atoms with Crippen molar-refractivity contribution in [1.82, 2.24) is 15.3 Å². The van der Waals surface area contributed by atoms with Crippen LogP contribution in [-0.2, 0) is 11.2 Å². The Bertz CT molecular complexity index is 396. The molecule has 1 rings (SSSR count). The maximum atomic E-state index is 5.01. The Labute approximate surface area is 129 Å². The number of aromatic nitrogens is 2. The maximum absolute atomic E-state index is 5.01. The molecule has 1 N–H and O–H groups in total. The third-order valence-corrected chi connectivity index (χ3v) is 3.72. The van der Waals surface area contributed by atoms with Crippen LogP contribution < -0.4 is 10.2 Å². The van der Waals surface area contributed by atoms with Crippen LogP contribution in [0.15, 0.2) is 0 Å². The Balaban J connectivity index is 2.59. The summed E-state index contributed by atoms with van der Waals surface area (Å²) in [7, 11) is 1.73. The topological polar surface area (TPSA) is 50.3 Å². The first-order chi connectivity index (χ1) is 10.1. The molecule has 0 unspecified atom stereocenters. The second-order valence-corrected chi connectivity index (χ2v) is 5.19. The van der Waals surface area contributed by atoms with E-state index >= 15 is 0 Å². The minimum absolute atomic E-state index is 0.764. The van der Waals surface area contributed by atoms with E-state index in [0.29, 0.717) is 0 Å². The summed E-state index contributed by atoms with van der Waals surface area (Å²) >= 11 is 0. The quantitative estimate of drug-likeness (QED) is 0.670. The molecule has 0 saturated carbocycles. The Kier molecular flexibility index (Phi) is 8.23. The van der Waals surface area contributed by atoms with Crippen molar-refractivity contribution in [3.8, 4) is 0 Å². The number of rotatable bonds is 10. The average Bonchev–Trinajstić information content (AvgIpc) is 2.46. The first-order valence-corrected chi connectivity index (χ1v) is 7.92. The number of aryl methyl sites for hydroxylation is 2. The predicted octanol–water partition coefficient (Wildman–Crippen LogP) is 2.11. The van der Waals surface area contributed by atoms with E-state index in [2.05, 4.69) is 47.9 Å². The van der Waals surface area contributed by atoms with Gasteiger partial charge in [-0.1, -0.05) is 0 Å². The Hall–Kier alpha value is -1.20. The lowest BCUT2D eigenvalue weighted by Crippen LogP contribution is -2.25. The van der Waals surface area contributed by atoms with Gasteiger partial charge in [-0.2, -0.15) is 0 Å². The van der Waals surface area contributed by atoms with E-state index < -0.39 is 0 Å². The highest BCUT2D eigenvalue weighted by Crippen LogP contribution is 2.16. The van der Waals surface area contributed by atoms with Crippen LogP contribution in [-0.4, -0.2) is 49.9 Å². The lowest BCUT2D eigenvalue weighted by molar-refractivity contribution is 0.199. The van der Waals surface area contributed by atoms with Gasteiger partial charge < -0.3 is 15.0 Å². The second-order valence-electron chi connectivity index (χ2n) is 5.19. The van der Waals surface area contributed by atoms with Gasteiger partial charge in [-0.3, -0.25) is 0 Å². The molecule has 0 amide bonds. The SMILES string of the molecule is CCN(CC)c1nc(C)c(CCCNCCOC)c(C)n1. The first kappa shape index (κ1) is 17.9. The predicted molar refractivity (Wildman–Crippen MR) is 88.1 cm³/mol. The normalized spacial score (nSPS) is 10.9. The van der Waals surface area contributed by atoms with Crippen LogP contribution >= 0.6 is 0 Å². The molecule has 21 heavy (non-hydrogen) atoms. The zero-order valence-electron chi connectivity index (χ0n) is 14.2. The molecule has 0 aromatic carbocycles. The monoisotopic (exact) mass is 294 g/mol. The van der Waals surface area contributed by atoms with E-state index in [-0.39, 0.29) is 0 Å². The molecule has 0 aliphatic carbocycles. The van der Waals surface area contributed by atoms with Crippen LogP contribution in [0.5, 0.6) is 0 Å². The molecule has 0 saturated heterocycles. The van der Waals surface area contributed by atoms with Crippen molar-refractivity contribution in [3.05, 3.63) is 17.0 Å². The van der Waals surface area contributed by atoms with Gasteiger partial charge in [0.2, 0.25) is 5.95 Å². The van der Waals surface area contributed by atoms with Crippen LogP contribution in [0.25, 0.3) is 0 Å².